The second-order valence-corrected chi connectivity index (χ2v) is 3.08. The maximum atomic E-state index is 13.2. The first-order valence-electron chi connectivity index (χ1n) is 4.78. The van der Waals surface area contributed by atoms with Crippen LogP contribution in [0.4, 0.5) is 8.78 Å². The molecule has 0 atom stereocenters. The number of rotatable bonds is 4. The van der Waals surface area contributed by atoms with Gasteiger partial charge in [0.15, 0.2) is 11.6 Å². The highest BCUT2D eigenvalue weighted by Gasteiger charge is 2.09. The molecule has 0 aliphatic carbocycles. The summed E-state index contributed by atoms with van der Waals surface area (Å²) in [7, 11) is 0. The average molecular weight is 214 g/mol. The first-order chi connectivity index (χ1) is 7.16. The highest BCUT2D eigenvalue weighted by molar-refractivity contribution is 5.23. The van der Waals surface area contributed by atoms with Crippen LogP contribution in [0.5, 0.6) is 5.75 Å². The van der Waals surface area contributed by atoms with Crippen molar-refractivity contribution in [2.75, 3.05) is 6.61 Å². The Morgan fingerprint density at radius 2 is 1.93 bits per heavy atom. The van der Waals surface area contributed by atoms with E-state index in [1.165, 1.54) is 0 Å². The van der Waals surface area contributed by atoms with Gasteiger partial charge in [0.05, 0.1) is 6.61 Å². The Morgan fingerprint density at radius 3 is 2.60 bits per heavy atom. The molecule has 2 nitrogen and oxygen atoms in total. The fourth-order valence-corrected chi connectivity index (χ4v) is 1.04. The zero-order valence-electron chi connectivity index (χ0n) is 8.43. The van der Waals surface area contributed by atoms with E-state index in [0.717, 1.165) is 24.6 Å². The van der Waals surface area contributed by atoms with E-state index in [9.17, 15) is 13.6 Å². The SMILES string of the molecule is CCCCOc1c(F)cccc(F)c1=O. The number of ether oxygens (including phenoxy) is 1. The molecule has 0 bridgehead atoms. The lowest BCUT2D eigenvalue weighted by Crippen LogP contribution is -2.11. The average Bonchev–Trinajstić information content (AvgIpc) is 2.32. The molecule has 1 aromatic rings. The van der Waals surface area contributed by atoms with Crippen molar-refractivity contribution >= 4 is 0 Å². The van der Waals surface area contributed by atoms with Crippen molar-refractivity contribution in [3.63, 3.8) is 0 Å². The van der Waals surface area contributed by atoms with Crippen molar-refractivity contribution in [3.8, 4) is 5.75 Å². The normalized spacial score (nSPS) is 10.1. The Bertz CT molecular complexity index is 391. The molecule has 0 heterocycles. The molecule has 1 rings (SSSR count). The van der Waals surface area contributed by atoms with Crippen LogP contribution in [-0.4, -0.2) is 6.61 Å². The zero-order chi connectivity index (χ0) is 11.3. The van der Waals surface area contributed by atoms with Crippen LogP contribution in [0.3, 0.4) is 0 Å². The van der Waals surface area contributed by atoms with Crippen molar-refractivity contribution in [3.05, 3.63) is 40.1 Å². The molecule has 4 heteroatoms. The Labute approximate surface area is 86.5 Å². The smallest absolute Gasteiger partial charge is 0.258 e. The van der Waals surface area contributed by atoms with Crippen LogP contribution < -0.4 is 10.2 Å². The number of hydrogen-bond donors (Lipinski definition) is 0. The van der Waals surface area contributed by atoms with E-state index < -0.39 is 22.8 Å². The van der Waals surface area contributed by atoms with E-state index in [4.69, 9.17) is 4.74 Å². The van der Waals surface area contributed by atoms with Gasteiger partial charge in [-0.15, -0.1) is 0 Å². The number of unbranched alkanes of at least 4 members (excludes halogenated alkanes) is 1. The third kappa shape index (κ3) is 3.01. The molecule has 0 aliphatic heterocycles. The summed E-state index contributed by atoms with van der Waals surface area (Å²) in [6.45, 7) is 2.15. The fourth-order valence-electron chi connectivity index (χ4n) is 1.04. The summed E-state index contributed by atoms with van der Waals surface area (Å²) in [5, 5.41) is 0. The van der Waals surface area contributed by atoms with Crippen LogP contribution in [-0.2, 0) is 0 Å². The van der Waals surface area contributed by atoms with E-state index in [2.05, 4.69) is 0 Å². The van der Waals surface area contributed by atoms with E-state index >= 15 is 0 Å². The van der Waals surface area contributed by atoms with Gasteiger partial charge in [0.2, 0.25) is 5.75 Å². The van der Waals surface area contributed by atoms with E-state index in [1.54, 1.807) is 0 Å². The van der Waals surface area contributed by atoms with Gasteiger partial charge in [-0.2, -0.15) is 0 Å². The van der Waals surface area contributed by atoms with E-state index in [-0.39, 0.29) is 6.61 Å². The molecule has 1 aromatic carbocycles. The predicted octanol–water partition coefficient (Wildman–Crippen LogP) is 2.50. The van der Waals surface area contributed by atoms with Crippen LogP contribution in [0.2, 0.25) is 0 Å². The van der Waals surface area contributed by atoms with Gasteiger partial charge in [-0.05, 0) is 18.6 Å². The number of halogens is 2. The van der Waals surface area contributed by atoms with E-state index in [1.807, 2.05) is 6.92 Å². The first-order valence-corrected chi connectivity index (χ1v) is 4.78. The maximum Gasteiger partial charge on any atom is 0.258 e. The van der Waals surface area contributed by atoms with Crippen molar-refractivity contribution in [1.82, 2.24) is 0 Å². The molecule has 15 heavy (non-hydrogen) atoms. The van der Waals surface area contributed by atoms with Gasteiger partial charge in [-0.3, -0.25) is 4.79 Å². The second kappa shape index (κ2) is 5.44. The molecular formula is C11H12F2O2. The molecule has 0 spiro atoms. The van der Waals surface area contributed by atoms with Crippen molar-refractivity contribution in [1.29, 1.82) is 0 Å². The van der Waals surface area contributed by atoms with Gasteiger partial charge in [0.1, 0.15) is 0 Å². The van der Waals surface area contributed by atoms with Crippen molar-refractivity contribution in [2.24, 2.45) is 0 Å². The summed E-state index contributed by atoms with van der Waals surface area (Å²) in [4.78, 5) is 11.2. The summed E-state index contributed by atoms with van der Waals surface area (Å²) < 4.78 is 31.1. The molecule has 0 saturated carbocycles. The number of hydrogen-bond acceptors (Lipinski definition) is 2. The van der Waals surface area contributed by atoms with Gasteiger partial charge in [0.25, 0.3) is 5.43 Å². The summed E-state index contributed by atoms with van der Waals surface area (Å²) in [6, 6.07) is 3.06. The second-order valence-electron chi connectivity index (χ2n) is 3.08. The van der Waals surface area contributed by atoms with Crippen molar-refractivity contribution in [2.45, 2.75) is 19.8 Å². The van der Waals surface area contributed by atoms with Gasteiger partial charge in [0, 0.05) is 0 Å². The Morgan fingerprint density at radius 1 is 1.27 bits per heavy atom. The maximum absolute atomic E-state index is 13.2. The Kier molecular flexibility index (Phi) is 4.21. The molecule has 82 valence electrons. The minimum Gasteiger partial charge on any atom is -0.487 e. The lowest BCUT2D eigenvalue weighted by molar-refractivity contribution is 0.290. The topological polar surface area (TPSA) is 26.3 Å². The molecule has 0 aliphatic rings. The first kappa shape index (κ1) is 11.6. The minimum atomic E-state index is -1.03. The van der Waals surface area contributed by atoms with Crippen LogP contribution >= 0.6 is 0 Å². The molecule has 0 fully saturated rings. The Hall–Kier alpha value is -1.45. The quantitative estimate of drug-likeness (QED) is 0.720. The largest absolute Gasteiger partial charge is 0.487 e. The molecule has 0 N–H and O–H groups in total. The summed E-state index contributed by atoms with van der Waals surface area (Å²) >= 11 is 0. The van der Waals surface area contributed by atoms with Crippen LogP contribution in [0.25, 0.3) is 0 Å². The predicted molar refractivity (Wildman–Crippen MR) is 53.0 cm³/mol. The van der Waals surface area contributed by atoms with Crippen LogP contribution in [0.1, 0.15) is 19.8 Å². The van der Waals surface area contributed by atoms with Gasteiger partial charge < -0.3 is 4.74 Å². The van der Waals surface area contributed by atoms with Crippen molar-refractivity contribution < 1.29 is 13.5 Å². The fraction of sp³-hybridized carbons (Fsp3) is 0.364. The molecule has 0 saturated heterocycles. The van der Waals surface area contributed by atoms with Gasteiger partial charge >= 0.3 is 0 Å². The lowest BCUT2D eigenvalue weighted by Gasteiger charge is -2.02. The van der Waals surface area contributed by atoms with Crippen LogP contribution in [0, 0.1) is 11.6 Å². The standard InChI is InChI=1S/C11H12F2O2/c1-2-3-7-15-11-9(13)6-4-5-8(12)10(11)14/h4-6H,2-3,7H2,1H3. The molecule has 0 unspecified atom stereocenters. The summed E-state index contributed by atoms with van der Waals surface area (Å²) in [5.41, 5.74) is -1.03. The van der Waals surface area contributed by atoms with E-state index in [0.29, 0.717) is 6.42 Å². The molecule has 0 amide bonds. The van der Waals surface area contributed by atoms with Crippen LogP contribution in [0.15, 0.2) is 23.0 Å². The minimum absolute atomic E-state index is 0.214. The third-order valence-corrected chi connectivity index (χ3v) is 1.87. The lowest BCUT2D eigenvalue weighted by atomic mass is 10.3. The summed E-state index contributed by atoms with van der Waals surface area (Å²) in [5.74, 6) is -2.38. The van der Waals surface area contributed by atoms with Gasteiger partial charge in [-0.1, -0.05) is 19.4 Å². The molecule has 0 radical (unpaired) electrons. The highest BCUT2D eigenvalue weighted by Crippen LogP contribution is 2.10. The highest BCUT2D eigenvalue weighted by atomic mass is 19.1. The molecular weight excluding hydrogens is 202 g/mol. The molecule has 0 aromatic heterocycles. The summed E-state index contributed by atoms with van der Waals surface area (Å²) in [6.07, 6.45) is 1.55. The third-order valence-electron chi connectivity index (χ3n) is 1.87. The zero-order valence-corrected chi connectivity index (χ0v) is 8.43. The monoisotopic (exact) mass is 214 g/mol. The van der Waals surface area contributed by atoms with Gasteiger partial charge in [-0.25, -0.2) is 8.78 Å². The Balaban J connectivity index is 3.01.